The summed E-state index contributed by atoms with van der Waals surface area (Å²) in [5.41, 5.74) is 1.45. The average Bonchev–Trinajstić information content (AvgIpc) is 3.16. The SMILES string of the molecule is CC1CN(c2ccc(NC(=O)Cc3cn4ccsc4n3)cn2)CC(C)O1. The molecule has 0 radical (unpaired) electrons. The van der Waals surface area contributed by atoms with Gasteiger partial charge in [0, 0.05) is 30.9 Å². The summed E-state index contributed by atoms with van der Waals surface area (Å²) < 4.78 is 7.68. The minimum absolute atomic E-state index is 0.0982. The fourth-order valence-electron chi connectivity index (χ4n) is 3.24. The van der Waals surface area contributed by atoms with Crippen molar-refractivity contribution in [3.63, 3.8) is 0 Å². The number of nitrogens with one attached hydrogen (secondary N) is 1. The molecule has 0 spiro atoms. The summed E-state index contributed by atoms with van der Waals surface area (Å²) in [5.74, 6) is 0.804. The number of nitrogens with zero attached hydrogens (tertiary/aromatic N) is 4. The van der Waals surface area contributed by atoms with Gasteiger partial charge in [0.2, 0.25) is 5.91 Å². The van der Waals surface area contributed by atoms with Crippen molar-refractivity contribution >= 4 is 33.7 Å². The molecule has 136 valence electrons. The summed E-state index contributed by atoms with van der Waals surface area (Å²) in [6.07, 6.45) is 6.13. The first-order valence-corrected chi connectivity index (χ1v) is 9.52. The van der Waals surface area contributed by atoms with Crippen molar-refractivity contribution in [3.8, 4) is 0 Å². The second-order valence-electron chi connectivity index (χ2n) is 6.62. The largest absolute Gasteiger partial charge is 0.372 e. The van der Waals surface area contributed by atoms with Crippen LogP contribution in [0.5, 0.6) is 0 Å². The molecular weight excluding hydrogens is 350 g/mol. The monoisotopic (exact) mass is 371 g/mol. The zero-order valence-corrected chi connectivity index (χ0v) is 15.6. The Morgan fingerprint density at radius 2 is 2.15 bits per heavy atom. The topological polar surface area (TPSA) is 71.8 Å². The molecule has 0 bridgehead atoms. The van der Waals surface area contributed by atoms with Gasteiger partial charge in [-0.15, -0.1) is 11.3 Å². The molecule has 0 aromatic carbocycles. The number of thiazole rings is 1. The Labute approximate surface area is 155 Å². The highest BCUT2D eigenvalue weighted by atomic mass is 32.1. The second-order valence-corrected chi connectivity index (χ2v) is 7.49. The molecule has 1 N–H and O–H groups in total. The molecule has 0 saturated carbocycles. The maximum Gasteiger partial charge on any atom is 0.230 e. The highest BCUT2D eigenvalue weighted by Crippen LogP contribution is 2.20. The van der Waals surface area contributed by atoms with E-state index in [2.05, 4.69) is 34.0 Å². The third-order valence-corrected chi connectivity index (χ3v) is 5.03. The van der Waals surface area contributed by atoms with E-state index in [1.807, 2.05) is 34.3 Å². The molecule has 0 aliphatic carbocycles. The lowest BCUT2D eigenvalue weighted by atomic mass is 10.2. The lowest BCUT2D eigenvalue weighted by Gasteiger charge is -2.36. The van der Waals surface area contributed by atoms with Crippen LogP contribution < -0.4 is 10.2 Å². The molecule has 1 saturated heterocycles. The number of rotatable bonds is 4. The second kappa shape index (κ2) is 7.05. The number of anilines is 2. The maximum absolute atomic E-state index is 12.2. The van der Waals surface area contributed by atoms with Crippen LogP contribution >= 0.6 is 11.3 Å². The van der Waals surface area contributed by atoms with E-state index in [9.17, 15) is 4.79 Å². The van der Waals surface area contributed by atoms with Gasteiger partial charge in [0.1, 0.15) is 5.82 Å². The minimum Gasteiger partial charge on any atom is -0.372 e. The number of morpholine rings is 1. The Bertz CT molecular complexity index is 865. The van der Waals surface area contributed by atoms with Crippen molar-refractivity contribution in [1.82, 2.24) is 14.4 Å². The van der Waals surface area contributed by atoms with Crippen LogP contribution in [0.25, 0.3) is 4.96 Å². The van der Waals surface area contributed by atoms with Gasteiger partial charge in [-0.3, -0.25) is 9.20 Å². The Kier molecular flexibility index (Phi) is 4.60. The Balaban J connectivity index is 1.37. The van der Waals surface area contributed by atoms with E-state index in [4.69, 9.17) is 4.74 Å². The average molecular weight is 371 g/mol. The van der Waals surface area contributed by atoms with Crippen molar-refractivity contribution in [2.24, 2.45) is 0 Å². The number of carbonyl (C=O) groups excluding carboxylic acids is 1. The number of aromatic nitrogens is 3. The molecule has 7 nitrogen and oxygen atoms in total. The molecule has 2 atom stereocenters. The fourth-order valence-corrected chi connectivity index (χ4v) is 3.96. The molecule has 4 rings (SSSR count). The third-order valence-electron chi connectivity index (χ3n) is 4.26. The van der Waals surface area contributed by atoms with Crippen LogP contribution in [0.2, 0.25) is 0 Å². The molecule has 1 amide bonds. The van der Waals surface area contributed by atoms with Gasteiger partial charge in [-0.2, -0.15) is 0 Å². The van der Waals surface area contributed by atoms with Crippen molar-refractivity contribution in [2.45, 2.75) is 32.5 Å². The molecule has 4 heterocycles. The molecule has 1 aliphatic rings. The third kappa shape index (κ3) is 3.71. The van der Waals surface area contributed by atoms with Gasteiger partial charge in [-0.05, 0) is 26.0 Å². The lowest BCUT2D eigenvalue weighted by Crippen LogP contribution is -2.45. The number of imidazole rings is 1. The zero-order chi connectivity index (χ0) is 18.1. The number of pyridine rings is 1. The quantitative estimate of drug-likeness (QED) is 0.763. The van der Waals surface area contributed by atoms with Crippen LogP contribution in [0, 0.1) is 0 Å². The first-order chi connectivity index (χ1) is 12.6. The van der Waals surface area contributed by atoms with E-state index in [1.165, 1.54) is 0 Å². The minimum atomic E-state index is -0.0982. The van der Waals surface area contributed by atoms with Crippen LogP contribution in [-0.4, -0.2) is 45.6 Å². The Hall–Kier alpha value is -2.45. The van der Waals surface area contributed by atoms with Gasteiger partial charge in [0.25, 0.3) is 0 Å². The van der Waals surface area contributed by atoms with E-state index in [0.717, 1.165) is 29.6 Å². The van der Waals surface area contributed by atoms with Crippen LogP contribution in [-0.2, 0) is 16.0 Å². The fraction of sp³-hybridized carbons (Fsp3) is 0.389. The standard InChI is InChI=1S/C18H21N5O2S/c1-12-9-23(10-13(2)25-12)16-4-3-14(8-19-16)20-17(24)7-15-11-22-5-6-26-18(22)21-15/h3-6,8,11-13H,7,9-10H2,1-2H3,(H,20,24). The van der Waals surface area contributed by atoms with E-state index < -0.39 is 0 Å². The number of ether oxygens (including phenoxy) is 1. The molecule has 2 unspecified atom stereocenters. The van der Waals surface area contributed by atoms with E-state index in [1.54, 1.807) is 17.5 Å². The van der Waals surface area contributed by atoms with E-state index >= 15 is 0 Å². The number of hydrogen-bond donors (Lipinski definition) is 1. The molecule has 3 aromatic rings. The van der Waals surface area contributed by atoms with Crippen molar-refractivity contribution in [1.29, 1.82) is 0 Å². The van der Waals surface area contributed by atoms with Crippen LogP contribution in [0.3, 0.4) is 0 Å². The molecule has 26 heavy (non-hydrogen) atoms. The first kappa shape index (κ1) is 17.0. The predicted molar refractivity (Wildman–Crippen MR) is 102 cm³/mol. The molecular formula is C18H21N5O2S. The van der Waals surface area contributed by atoms with Gasteiger partial charge in [-0.1, -0.05) is 0 Å². The number of fused-ring (bicyclic) bond motifs is 1. The first-order valence-electron chi connectivity index (χ1n) is 8.64. The molecule has 1 aliphatic heterocycles. The highest BCUT2D eigenvalue weighted by molar-refractivity contribution is 7.15. The summed E-state index contributed by atoms with van der Waals surface area (Å²) in [7, 11) is 0. The van der Waals surface area contributed by atoms with Gasteiger partial charge >= 0.3 is 0 Å². The number of hydrogen-bond acceptors (Lipinski definition) is 6. The van der Waals surface area contributed by atoms with Gasteiger partial charge in [0.15, 0.2) is 4.96 Å². The summed E-state index contributed by atoms with van der Waals surface area (Å²) in [6.45, 7) is 5.77. The molecule has 1 fully saturated rings. The zero-order valence-electron chi connectivity index (χ0n) is 14.8. The van der Waals surface area contributed by atoms with Gasteiger partial charge in [0.05, 0.1) is 36.2 Å². The van der Waals surface area contributed by atoms with Crippen molar-refractivity contribution < 1.29 is 9.53 Å². The van der Waals surface area contributed by atoms with Crippen molar-refractivity contribution in [3.05, 3.63) is 41.8 Å². The summed E-state index contributed by atoms with van der Waals surface area (Å²) in [5, 5.41) is 4.85. The summed E-state index contributed by atoms with van der Waals surface area (Å²) in [4.78, 5) is 24.3. The number of carbonyl (C=O) groups is 1. The Morgan fingerprint density at radius 3 is 2.85 bits per heavy atom. The number of amides is 1. The normalized spacial score (nSPS) is 20.5. The van der Waals surface area contributed by atoms with Crippen LogP contribution in [0.4, 0.5) is 11.5 Å². The molecule has 8 heteroatoms. The maximum atomic E-state index is 12.2. The van der Waals surface area contributed by atoms with Gasteiger partial charge in [-0.25, -0.2) is 9.97 Å². The van der Waals surface area contributed by atoms with E-state index in [-0.39, 0.29) is 24.5 Å². The summed E-state index contributed by atoms with van der Waals surface area (Å²) >= 11 is 1.55. The lowest BCUT2D eigenvalue weighted by molar-refractivity contribution is -0.115. The van der Waals surface area contributed by atoms with Crippen LogP contribution in [0.15, 0.2) is 36.1 Å². The molecule has 3 aromatic heterocycles. The van der Waals surface area contributed by atoms with Crippen LogP contribution in [0.1, 0.15) is 19.5 Å². The summed E-state index contributed by atoms with van der Waals surface area (Å²) in [6, 6.07) is 3.82. The smallest absolute Gasteiger partial charge is 0.230 e. The van der Waals surface area contributed by atoms with Gasteiger partial charge < -0.3 is 15.0 Å². The predicted octanol–water partition coefficient (Wildman–Crippen LogP) is 2.59. The van der Waals surface area contributed by atoms with Crippen molar-refractivity contribution in [2.75, 3.05) is 23.3 Å². The Morgan fingerprint density at radius 1 is 1.35 bits per heavy atom. The highest BCUT2D eigenvalue weighted by Gasteiger charge is 2.23. The van der Waals surface area contributed by atoms with E-state index in [0.29, 0.717) is 5.69 Å².